The van der Waals surface area contributed by atoms with Gasteiger partial charge in [-0.2, -0.15) is 5.26 Å². The topological polar surface area (TPSA) is 49.8 Å². The number of aromatic nitrogens is 1. The second kappa shape index (κ2) is 2.75. The van der Waals surface area contributed by atoms with Gasteiger partial charge in [0.15, 0.2) is 5.58 Å². The summed E-state index contributed by atoms with van der Waals surface area (Å²) in [4.78, 5) is 4.09. The SMILES string of the molecule is N#Cc1ccc2oc(I)nc2c1. The van der Waals surface area contributed by atoms with Gasteiger partial charge in [0.2, 0.25) is 0 Å². The lowest BCUT2D eigenvalue weighted by atomic mass is 10.2. The molecule has 3 nitrogen and oxygen atoms in total. The first-order valence-electron chi connectivity index (χ1n) is 3.26. The van der Waals surface area contributed by atoms with Crippen LogP contribution in [0.25, 0.3) is 11.1 Å². The van der Waals surface area contributed by atoms with E-state index < -0.39 is 0 Å². The summed E-state index contributed by atoms with van der Waals surface area (Å²) in [6.45, 7) is 0. The van der Waals surface area contributed by atoms with Crippen LogP contribution >= 0.6 is 22.6 Å². The molecule has 0 amide bonds. The van der Waals surface area contributed by atoms with Crippen LogP contribution in [-0.2, 0) is 0 Å². The molecule has 0 fully saturated rings. The number of halogens is 1. The molecule has 0 bridgehead atoms. The fourth-order valence-corrected chi connectivity index (χ4v) is 1.47. The van der Waals surface area contributed by atoms with Gasteiger partial charge in [0, 0.05) is 22.6 Å². The number of fused-ring (bicyclic) bond motifs is 1. The van der Waals surface area contributed by atoms with Gasteiger partial charge >= 0.3 is 0 Å². The first-order valence-corrected chi connectivity index (χ1v) is 4.33. The zero-order valence-corrected chi connectivity index (χ0v) is 8.07. The number of nitrogens with zero attached hydrogens (tertiary/aromatic N) is 2. The third kappa shape index (κ3) is 1.16. The largest absolute Gasteiger partial charge is 0.432 e. The van der Waals surface area contributed by atoms with Crippen LogP contribution < -0.4 is 0 Å². The highest BCUT2D eigenvalue weighted by Crippen LogP contribution is 2.17. The molecule has 58 valence electrons. The standard InChI is InChI=1S/C8H3IN2O/c9-8-11-6-3-5(4-10)1-2-7(6)12-8/h1-3H. The van der Waals surface area contributed by atoms with E-state index in [0.717, 1.165) is 11.1 Å². The van der Waals surface area contributed by atoms with Crippen LogP contribution in [0.15, 0.2) is 22.6 Å². The Morgan fingerprint density at radius 3 is 3.08 bits per heavy atom. The third-order valence-electron chi connectivity index (χ3n) is 1.49. The number of oxazole rings is 1. The van der Waals surface area contributed by atoms with Crippen molar-refractivity contribution in [3.8, 4) is 6.07 Å². The molecule has 0 aliphatic carbocycles. The number of hydrogen-bond donors (Lipinski definition) is 0. The summed E-state index contributed by atoms with van der Waals surface area (Å²) in [5, 5.41) is 8.59. The Morgan fingerprint density at radius 2 is 2.33 bits per heavy atom. The van der Waals surface area contributed by atoms with E-state index in [1.807, 2.05) is 28.7 Å². The highest BCUT2D eigenvalue weighted by Gasteiger charge is 2.02. The van der Waals surface area contributed by atoms with Crippen molar-refractivity contribution in [1.82, 2.24) is 4.98 Å². The van der Waals surface area contributed by atoms with Crippen molar-refractivity contribution in [2.24, 2.45) is 0 Å². The van der Waals surface area contributed by atoms with Gasteiger partial charge in [0.05, 0.1) is 11.6 Å². The van der Waals surface area contributed by atoms with Gasteiger partial charge in [-0.15, -0.1) is 0 Å². The lowest BCUT2D eigenvalue weighted by molar-refractivity contribution is 0.566. The van der Waals surface area contributed by atoms with Gasteiger partial charge in [0.1, 0.15) is 5.52 Å². The average Bonchev–Trinajstić information content (AvgIpc) is 2.43. The summed E-state index contributed by atoms with van der Waals surface area (Å²) in [6.07, 6.45) is 0. The fourth-order valence-electron chi connectivity index (χ4n) is 0.969. The lowest BCUT2D eigenvalue weighted by Crippen LogP contribution is -1.73. The van der Waals surface area contributed by atoms with E-state index in [9.17, 15) is 0 Å². The second-order valence-corrected chi connectivity index (χ2v) is 3.18. The maximum Gasteiger partial charge on any atom is 0.258 e. The predicted molar refractivity (Wildman–Crippen MR) is 51.4 cm³/mol. The monoisotopic (exact) mass is 270 g/mol. The summed E-state index contributed by atoms with van der Waals surface area (Å²) < 4.78 is 5.83. The fraction of sp³-hybridized carbons (Fsp3) is 0. The average molecular weight is 270 g/mol. The van der Waals surface area contributed by atoms with E-state index in [2.05, 4.69) is 4.98 Å². The molecule has 0 atom stereocenters. The summed E-state index contributed by atoms with van der Waals surface area (Å²) >= 11 is 2.00. The van der Waals surface area contributed by atoms with Gasteiger partial charge in [-0.05, 0) is 18.2 Å². The highest BCUT2D eigenvalue weighted by atomic mass is 127. The Kier molecular flexibility index (Phi) is 1.73. The molecule has 2 aromatic rings. The Labute approximate surface area is 82.1 Å². The van der Waals surface area contributed by atoms with Crippen LogP contribution in [0.4, 0.5) is 0 Å². The molecular weight excluding hydrogens is 267 g/mol. The molecule has 0 aliphatic rings. The minimum Gasteiger partial charge on any atom is -0.432 e. The minimum atomic E-state index is 0.595. The third-order valence-corrected chi connectivity index (χ3v) is 1.95. The van der Waals surface area contributed by atoms with Crippen LogP contribution in [0, 0.1) is 15.2 Å². The van der Waals surface area contributed by atoms with Gasteiger partial charge in [-0.25, -0.2) is 4.98 Å². The van der Waals surface area contributed by atoms with Crippen molar-refractivity contribution in [3.05, 3.63) is 27.7 Å². The van der Waals surface area contributed by atoms with E-state index in [4.69, 9.17) is 9.68 Å². The van der Waals surface area contributed by atoms with E-state index in [1.54, 1.807) is 18.2 Å². The summed E-state index contributed by atoms with van der Waals surface area (Å²) in [6, 6.07) is 7.22. The number of hydrogen-bond acceptors (Lipinski definition) is 3. The molecule has 0 radical (unpaired) electrons. The van der Waals surface area contributed by atoms with Crippen LogP contribution in [0.2, 0.25) is 0 Å². The van der Waals surface area contributed by atoms with Gasteiger partial charge in [-0.1, -0.05) is 0 Å². The number of benzene rings is 1. The Morgan fingerprint density at radius 1 is 1.50 bits per heavy atom. The van der Waals surface area contributed by atoms with Crippen LogP contribution in [0.1, 0.15) is 5.56 Å². The summed E-state index contributed by atoms with van der Waals surface area (Å²) in [5.74, 6) is 0. The molecule has 0 unspecified atom stereocenters. The molecule has 0 saturated heterocycles. The second-order valence-electron chi connectivity index (χ2n) is 2.26. The van der Waals surface area contributed by atoms with Gasteiger partial charge in [-0.3, -0.25) is 0 Å². The summed E-state index contributed by atoms with van der Waals surface area (Å²) in [5.41, 5.74) is 2.06. The quantitative estimate of drug-likeness (QED) is 0.690. The highest BCUT2D eigenvalue weighted by molar-refractivity contribution is 14.1. The van der Waals surface area contributed by atoms with Crippen LogP contribution in [-0.4, -0.2) is 4.98 Å². The van der Waals surface area contributed by atoms with Crippen molar-refractivity contribution < 1.29 is 4.42 Å². The maximum atomic E-state index is 8.59. The van der Waals surface area contributed by atoms with Crippen molar-refractivity contribution in [2.75, 3.05) is 0 Å². The normalized spacial score (nSPS) is 10.0. The minimum absolute atomic E-state index is 0.595. The molecule has 4 heteroatoms. The van der Waals surface area contributed by atoms with E-state index in [-0.39, 0.29) is 0 Å². The van der Waals surface area contributed by atoms with Crippen molar-refractivity contribution >= 4 is 33.7 Å². The molecule has 0 saturated carbocycles. The molecule has 12 heavy (non-hydrogen) atoms. The van der Waals surface area contributed by atoms with E-state index >= 15 is 0 Å². The first-order chi connectivity index (χ1) is 5.79. The first kappa shape index (κ1) is 7.55. The zero-order valence-electron chi connectivity index (χ0n) is 5.91. The van der Waals surface area contributed by atoms with Crippen LogP contribution in [0.3, 0.4) is 0 Å². The maximum absolute atomic E-state index is 8.59. The predicted octanol–water partition coefficient (Wildman–Crippen LogP) is 2.30. The Balaban J connectivity index is 2.77. The molecule has 0 spiro atoms. The molecule has 1 heterocycles. The van der Waals surface area contributed by atoms with E-state index in [1.165, 1.54) is 0 Å². The molecule has 1 aromatic carbocycles. The molecular formula is C8H3IN2O. The Bertz CT molecular complexity index is 469. The van der Waals surface area contributed by atoms with Crippen molar-refractivity contribution in [1.29, 1.82) is 5.26 Å². The number of rotatable bonds is 0. The molecule has 1 aromatic heterocycles. The van der Waals surface area contributed by atoms with Crippen molar-refractivity contribution in [3.63, 3.8) is 0 Å². The number of nitriles is 1. The molecule has 2 rings (SSSR count). The lowest BCUT2D eigenvalue weighted by Gasteiger charge is -1.85. The van der Waals surface area contributed by atoms with E-state index in [0.29, 0.717) is 9.46 Å². The zero-order chi connectivity index (χ0) is 8.55. The van der Waals surface area contributed by atoms with Gasteiger partial charge in [0.25, 0.3) is 3.90 Å². The summed E-state index contributed by atoms with van der Waals surface area (Å²) in [7, 11) is 0. The van der Waals surface area contributed by atoms with Gasteiger partial charge < -0.3 is 4.42 Å². The molecule has 0 aliphatic heterocycles. The van der Waals surface area contributed by atoms with Crippen LogP contribution in [0.5, 0.6) is 0 Å². The molecule has 0 N–H and O–H groups in total. The van der Waals surface area contributed by atoms with Crippen molar-refractivity contribution in [2.45, 2.75) is 0 Å². The smallest absolute Gasteiger partial charge is 0.258 e. The Hall–Kier alpha value is -1.09.